The normalized spacial score (nSPS) is 18.2. The van der Waals surface area contributed by atoms with Crippen molar-refractivity contribution in [1.82, 2.24) is 4.37 Å². The molecule has 0 spiro atoms. The molecule has 1 aliphatic rings. The molecule has 1 saturated carbocycles. The highest BCUT2D eigenvalue weighted by Crippen LogP contribution is 2.34. The fraction of sp³-hybridized carbons (Fsp3) is 0.444. The summed E-state index contributed by atoms with van der Waals surface area (Å²) >= 11 is 1.38. The number of nitrogens with zero attached hydrogens (tertiary/aromatic N) is 1. The molecule has 62 valence electrons. The molecule has 0 saturated heterocycles. The van der Waals surface area contributed by atoms with E-state index in [1.54, 1.807) is 0 Å². The molecular weight excluding hydrogens is 170 g/mol. The van der Waals surface area contributed by atoms with Crippen LogP contribution >= 0.6 is 11.5 Å². The minimum Gasteiger partial charge on any atom is -0.378 e. The van der Waals surface area contributed by atoms with Crippen LogP contribution in [-0.2, 0) is 0 Å². The summed E-state index contributed by atoms with van der Waals surface area (Å²) in [6, 6.07) is 1.93. The van der Waals surface area contributed by atoms with Crippen LogP contribution in [0.2, 0.25) is 0 Å². The van der Waals surface area contributed by atoms with Gasteiger partial charge in [-0.3, -0.25) is 0 Å². The molecule has 1 aromatic heterocycles. The van der Waals surface area contributed by atoms with Gasteiger partial charge in [-0.05, 0) is 37.4 Å². The van der Waals surface area contributed by atoms with E-state index in [2.05, 4.69) is 16.2 Å². The molecule has 1 N–H and O–H groups in total. The van der Waals surface area contributed by atoms with Gasteiger partial charge in [0.15, 0.2) is 0 Å². The Morgan fingerprint density at radius 2 is 2.42 bits per heavy atom. The Morgan fingerprint density at radius 1 is 1.67 bits per heavy atom. The molecule has 2 nitrogen and oxygen atoms in total. The zero-order valence-corrected chi connectivity index (χ0v) is 7.61. The zero-order chi connectivity index (χ0) is 8.60. The number of aliphatic hydroxyl groups is 1. The van der Waals surface area contributed by atoms with Crippen LogP contribution in [0.3, 0.4) is 0 Å². The van der Waals surface area contributed by atoms with Crippen molar-refractivity contribution < 1.29 is 5.11 Å². The third-order valence-corrected chi connectivity index (χ3v) is 2.57. The maximum Gasteiger partial charge on any atom is 0.126 e. The molecule has 12 heavy (non-hydrogen) atoms. The summed E-state index contributed by atoms with van der Waals surface area (Å²) < 4.78 is 4.10. The maximum atomic E-state index is 9.41. The van der Waals surface area contributed by atoms with E-state index in [1.165, 1.54) is 11.5 Å². The molecule has 2 rings (SSSR count). The molecule has 3 heteroatoms. The van der Waals surface area contributed by atoms with E-state index in [4.69, 9.17) is 0 Å². The van der Waals surface area contributed by atoms with Crippen LogP contribution in [0, 0.1) is 18.8 Å². The van der Waals surface area contributed by atoms with E-state index in [9.17, 15) is 5.11 Å². The summed E-state index contributed by atoms with van der Waals surface area (Å²) in [4.78, 5) is 0.938. The van der Waals surface area contributed by atoms with Crippen LogP contribution < -0.4 is 0 Å². The van der Waals surface area contributed by atoms with Crippen LogP contribution in [0.15, 0.2) is 6.07 Å². The largest absolute Gasteiger partial charge is 0.378 e. The highest BCUT2D eigenvalue weighted by atomic mass is 32.1. The van der Waals surface area contributed by atoms with E-state index in [1.807, 2.05) is 13.0 Å². The van der Waals surface area contributed by atoms with Crippen molar-refractivity contribution in [2.45, 2.75) is 25.4 Å². The van der Waals surface area contributed by atoms with Crippen molar-refractivity contribution >= 4 is 11.5 Å². The molecular formula is C9H9NOS. The van der Waals surface area contributed by atoms with Crippen molar-refractivity contribution in [2.75, 3.05) is 0 Å². The van der Waals surface area contributed by atoms with Gasteiger partial charge in [0.2, 0.25) is 0 Å². The summed E-state index contributed by atoms with van der Waals surface area (Å²) in [5, 5.41) is 9.41. The van der Waals surface area contributed by atoms with Crippen molar-refractivity contribution in [1.29, 1.82) is 0 Å². The zero-order valence-electron chi connectivity index (χ0n) is 6.79. The molecule has 0 aromatic carbocycles. The quantitative estimate of drug-likeness (QED) is 0.609. The first kappa shape index (κ1) is 7.78. The molecule has 1 aromatic rings. The van der Waals surface area contributed by atoms with Crippen LogP contribution in [0.1, 0.15) is 23.4 Å². The van der Waals surface area contributed by atoms with Gasteiger partial charge in [0.1, 0.15) is 5.60 Å². The summed E-state index contributed by atoms with van der Waals surface area (Å²) in [7, 11) is 0. The summed E-state index contributed by atoms with van der Waals surface area (Å²) in [6.07, 6.45) is 1.63. The van der Waals surface area contributed by atoms with Crippen LogP contribution in [0.4, 0.5) is 0 Å². The molecule has 0 atom stereocenters. The first-order valence-electron chi connectivity index (χ1n) is 3.87. The van der Waals surface area contributed by atoms with Gasteiger partial charge in [-0.1, -0.05) is 11.8 Å². The van der Waals surface area contributed by atoms with Gasteiger partial charge in [-0.25, -0.2) is 0 Å². The van der Waals surface area contributed by atoms with Gasteiger partial charge in [0, 0.05) is 0 Å². The Bertz CT molecular complexity index is 354. The van der Waals surface area contributed by atoms with E-state index in [0.717, 1.165) is 23.4 Å². The predicted octanol–water partition coefficient (Wildman–Crippen LogP) is 1.33. The standard InChI is InChI=1S/C9H9NOS/c1-7-6-8(12-10-7)2-3-9(11)4-5-9/h6,11H,4-5H2,1H3. The van der Waals surface area contributed by atoms with Crippen molar-refractivity contribution in [3.63, 3.8) is 0 Å². The van der Waals surface area contributed by atoms with E-state index in [0.29, 0.717) is 0 Å². The lowest BCUT2D eigenvalue weighted by Gasteiger charge is -1.89. The Morgan fingerprint density at radius 3 is 2.92 bits per heavy atom. The molecule has 0 unspecified atom stereocenters. The molecule has 0 amide bonds. The monoisotopic (exact) mass is 179 g/mol. The fourth-order valence-electron chi connectivity index (χ4n) is 0.844. The topological polar surface area (TPSA) is 33.1 Å². The second kappa shape index (κ2) is 2.58. The third-order valence-electron chi connectivity index (χ3n) is 1.77. The lowest BCUT2D eigenvalue weighted by atomic mass is 10.3. The smallest absolute Gasteiger partial charge is 0.126 e. The van der Waals surface area contributed by atoms with Crippen LogP contribution in [0.5, 0.6) is 0 Å². The van der Waals surface area contributed by atoms with Gasteiger partial charge in [-0.2, -0.15) is 4.37 Å². The maximum absolute atomic E-state index is 9.41. The molecule has 1 aliphatic carbocycles. The number of rotatable bonds is 0. The molecule has 0 aliphatic heterocycles. The Labute approximate surface area is 75.4 Å². The van der Waals surface area contributed by atoms with Crippen LogP contribution in [0.25, 0.3) is 0 Å². The Balaban J connectivity index is 2.15. The summed E-state index contributed by atoms with van der Waals surface area (Å²) in [6.45, 7) is 1.94. The average molecular weight is 179 g/mol. The lowest BCUT2D eigenvalue weighted by molar-refractivity contribution is 0.212. The van der Waals surface area contributed by atoms with E-state index >= 15 is 0 Å². The van der Waals surface area contributed by atoms with Crippen molar-refractivity contribution in [3.05, 3.63) is 16.6 Å². The Kier molecular flexibility index (Phi) is 1.67. The highest BCUT2D eigenvalue weighted by Gasteiger charge is 2.38. The second-order valence-corrected chi connectivity index (χ2v) is 3.92. The fourth-order valence-corrected chi connectivity index (χ4v) is 1.46. The van der Waals surface area contributed by atoms with Gasteiger partial charge >= 0.3 is 0 Å². The van der Waals surface area contributed by atoms with Gasteiger partial charge in [-0.15, -0.1) is 0 Å². The summed E-state index contributed by atoms with van der Waals surface area (Å²) in [5.41, 5.74) is 0.324. The highest BCUT2D eigenvalue weighted by molar-refractivity contribution is 7.06. The number of hydrogen-bond acceptors (Lipinski definition) is 3. The van der Waals surface area contributed by atoms with E-state index in [-0.39, 0.29) is 0 Å². The summed E-state index contributed by atoms with van der Waals surface area (Å²) in [5.74, 6) is 5.76. The van der Waals surface area contributed by atoms with Gasteiger partial charge in [0.25, 0.3) is 0 Å². The Hall–Kier alpha value is -0.850. The van der Waals surface area contributed by atoms with E-state index < -0.39 is 5.60 Å². The lowest BCUT2D eigenvalue weighted by Crippen LogP contribution is -2.00. The molecule has 0 radical (unpaired) electrons. The van der Waals surface area contributed by atoms with Gasteiger partial charge in [0.05, 0.1) is 10.6 Å². The third kappa shape index (κ3) is 1.66. The van der Waals surface area contributed by atoms with Crippen LogP contribution in [-0.4, -0.2) is 15.1 Å². The molecule has 1 heterocycles. The second-order valence-electron chi connectivity index (χ2n) is 3.11. The first-order valence-corrected chi connectivity index (χ1v) is 4.64. The van der Waals surface area contributed by atoms with Gasteiger partial charge < -0.3 is 5.11 Å². The first-order chi connectivity index (χ1) is 5.68. The number of aromatic nitrogens is 1. The minimum atomic E-state index is -0.669. The average Bonchev–Trinajstić information content (AvgIpc) is 2.60. The predicted molar refractivity (Wildman–Crippen MR) is 47.9 cm³/mol. The molecule has 0 bridgehead atoms. The van der Waals surface area contributed by atoms with Crippen molar-refractivity contribution in [3.8, 4) is 11.8 Å². The SMILES string of the molecule is Cc1cc(C#CC2(O)CC2)sn1. The number of aryl methyl sites for hydroxylation is 1. The van der Waals surface area contributed by atoms with Crippen molar-refractivity contribution in [2.24, 2.45) is 0 Å². The minimum absolute atomic E-state index is 0.669. The number of hydrogen-bond donors (Lipinski definition) is 1. The molecule has 1 fully saturated rings.